The molecule has 8 heteroatoms. The lowest BCUT2D eigenvalue weighted by molar-refractivity contribution is -0.119. The Bertz CT molecular complexity index is 804. The molecular formula is C17H16BrN3O3S. The third kappa shape index (κ3) is 4.67. The van der Waals surface area contributed by atoms with Gasteiger partial charge in [-0.15, -0.1) is 11.3 Å². The molecule has 3 rings (SSSR count). The predicted molar refractivity (Wildman–Crippen MR) is 99.7 cm³/mol. The van der Waals surface area contributed by atoms with E-state index < -0.39 is 0 Å². The van der Waals surface area contributed by atoms with Crippen molar-refractivity contribution in [1.29, 1.82) is 0 Å². The summed E-state index contributed by atoms with van der Waals surface area (Å²) in [4.78, 5) is 36.2. The van der Waals surface area contributed by atoms with Gasteiger partial charge in [0.1, 0.15) is 4.88 Å². The van der Waals surface area contributed by atoms with E-state index in [1.54, 1.807) is 11.4 Å². The van der Waals surface area contributed by atoms with Gasteiger partial charge in [0.05, 0.1) is 18.2 Å². The van der Waals surface area contributed by atoms with E-state index in [4.69, 9.17) is 0 Å². The minimum absolute atomic E-state index is 0.0699. The Morgan fingerprint density at radius 1 is 1.24 bits per heavy atom. The molecule has 3 N–H and O–H groups in total. The molecule has 1 unspecified atom stereocenters. The molecule has 1 fully saturated rings. The van der Waals surface area contributed by atoms with Crippen molar-refractivity contribution in [2.24, 2.45) is 0 Å². The molecule has 2 aromatic rings. The number of hydrogen-bond acceptors (Lipinski definition) is 4. The summed E-state index contributed by atoms with van der Waals surface area (Å²) in [6.07, 6.45) is 0.508. The fourth-order valence-electron chi connectivity index (χ4n) is 2.52. The Morgan fingerprint density at radius 2 is 2.00 bits per heavy atom. The Morgan fingerprint density at radius 3 is 2.68 bits per heavy atom. The third-order valence-electron chi connectivity index (χ3n) is 3.74. The topological polar surface area (TPSA) is 87.3 Å². The van der Waals surface area contributed by atoms with E-state index in [0.717, 1.165) is 10.0 Å². The molecule has 1 saturated heterocycles. The molecule has 0 aliphatic carbocycles. The van der Waals surface area contributed by atoms with Crippen LogP contribution >= 0.6 is 27.3 Å². The van der Waals surface area contributed by atoms with Gasteiger partial charge in [-0.1, -0.05) is 28.1 Å². The highest BCUT2D eigenvalue weighted by Gasteiger charge is 2.25. The molecular weight excluding hydrogens is 406 g/mol. The van der Waals surface area contributed by atoms with Crippen molar-refractivity contribution in [3.05, 3.63) is 50.6 Å². The van der Waals surface area contributed by atoms with Crippen LogP contribution < -0.4 is 16.0 Å². The SMILES string of the molecule is O=C1CC(NC(=O)c2sccc2NC(=O)Cc2ccc(Br)cc2)CN1. The number of thiophene rings is 1. The second-order valence-electron chi connectivity index (χ2n) is 5.69. The van der Waals surface area contributed by atoms with Crippen LogP contribution in [0.15, 0.2) is 40.2 Å². The van der Waals surface area contributed by atoms with Crippen LogP contribution in [0.3, 0.4) is 0 Å². The maximum atomic E-state index is 12.4. The van der Waals surface area contributed by atoms with Crippen LogP contribution in [0.4, 0.5) is 5.69 Å². The molecule has 6 nitrogen and oxygen atoms in total. The fourth-order valence-corrected chi connectivity index (χ4v) is 3.54. The lowest BCUT2D eigenvalue weighted by Gasteiger charge is -2.11. The van der Waals surface area contributed by atoms with Crippen LogP contribution in [0.2, 0.25) is 0 Å². The smallest absolute Gasteiger partial charge is 0.263 e. The number of amides is 3. The summed E-state index contributed by atoms with van der Waals surface area (Å²) in [6.45, 7) is 0.432. The first-order valence-corrected chi connectivity index (χ1v) is 9.38. The summed E-state index contributed by atoms with van der Waals surface area (Å²) >= 11 is 4.61. The molecule has 1 aromatic heterocycles. The minimum atomic E-state index is -0.282. The average Bonchev–Trinajstić information content (AvgIpc) is 3.18. The highest BCUT2D eigenvalue weighted by Crippen LogP contribution is 2.23. The van der Waals surface area contributed by atoms with Gasteiger partial charge in [-0.05, 0) is 29.1 Å². The van der Waals surface area contributed by atoms with Crippen LogP contribution in [0.5, 0.6) is 0 Å². The zero-order chi connectivity index (χ0) is 17.8. The standard InChI is InChI=1S/C17H16BrN3O3S/c18-11-3-1-10(2-4-11)7-15(23)21-13-5-6-25-16(13)17(24)20-12-8-14(22)19-9-12/h1-6,12H,7-9H2,(H,19,22)(H,20,24)(H,21,23). The van der Waals surface area contributed by atoms with Gasteiger partial charge in [-0.25, -0.2) is 0 Å². The van der Waals surface area contributed by atoms with E-state index in [1.807, 2.05) is 24.3 Å². The van der Waals surface area contributed by atoms with Gasteiger partial charge in [-0.2, -0.15) is 0 Å². The Kier molecular flexibility index (Phi) is 5.50. The predicted octanol–water partition coefficient (Wildman–Crippen LogP) is 2.31. The molecule has 25 heavy (non-hydrogen) atoms. The van der Waals surface area contributed by atoms with Crippen molar-refractivity contribution in [2.75, 3.05) is 11.9 Å². The number of benzene rings is 1. The molecule has 0 radical (unpaired) electrons. The molecule has 130 valence electrons. The normalized spacial score (nSPS) is 16.4. The molecule has 1 aliphatic heterocycles. The second kappa shape index (κ2) is 7.79. The number of nitrogens with one attached hydrogen (secondary N) is 3. The Hall–Kier alpha value is -2.19. The second-order valence-corrected chi connectivity index (χ2v) is 7.53. The molecule has 1 aromatic carbocycles. The third-order valence-corrected chi connectivity index (χ3v) is 5.18. The van der Waals surface area contributed by atoms with Crippen LogP contribution in [0.25, 0.3) is 0 Å². The van der Waals surface area contributed by atoms with Gasteiger partial charge in [0, 0.05) is 17.4 Å². The number of hydrogen-bond donors (Lipinski definition) is 3. The van der Waals surface area contributed by atoms with Gasteiger partial charge < -0.3 is 16.0 Å². The van der Waals surface area contributed by atoms with Gasteiger partial charge >= 0.3 is 0 Å². The zero-order valence-corrected chi connectivity index (χ0v) is 15.6. The fraction of sp³-hybridized carbons (Fsp3) is 0.235. The van der Waals surface area contributed by atoms with Crippen molar-refractivity contribution >= 4 is 50.7 Å². The molecule has 0 spiro atoms. The van der Waals surface area contributed by atoms with Crippen molar-refractivity contribution in [2.45, 2.75) is 18.9 Å². The van der Waals surface area contributed by atoms with E-state index in [0.29, 0.717) is 17.1 Å². The quantitative estimate of drug-likeness (QED) is 0.691. The van der Waals surface area contributed by atoms with E-state index in [2.05, 4.69) is 31.9 Å². The van der Waals surface area contributed by atoms with E-state index in [9.17, 15) is 14.4 Å². The number of halogens is 1. The van der Waals surface area contributed by atoms with E-state index in [-0.39, 0.29) is 36.6 Å². The minimum Gasteiger partial charge on any atom is -0.354 e. The van der Waals surface area contributed by atoms with E-state index >= 15 is 0 Å². The monoisotopic (exact) mass is 421 g/mol. The first-order valence-electron chi connectivity index (χ1n) is 7.70. The number of carbonyl (C=O) groups excluding carboxylic acids is 3. The van der Waals surface area contributed by atoms with Gasteiger partial charge in [0.15, 0.2) is 0 Å². The average molecular weight is 422 g/mol. The van der Waals surface area contributed by atoms with Crippen molar-refractivity contribution in [3.8, 4) is 0 Å². The number of anilines is 1. The molecule has 3 amide bonds. The summed E-state index contributed by atoms with van der Waals surface area (Å²) in [7, 11) is 0. The van der Waals surface area contributed by atoms with Gasteiger partial charge in [0.2, 0.25) is 11.8 Å². The lowest BCUT2D eigenvalue weighted by atomic mass is 10.1. The van der Waals surface area contributed by atoms with Crippen LogP contribution in [0.1, 0.15) is 21.7 Å². The Labute approximate surface area is 157 Å². The van der Waals surface area contributed by atoms with Crippen LogP contribution in [-0.2, 0) is 16.0 Å². The molecule has 1 atom stereocenters. The highest BCUT2D eigenvalue weighted by atomic mass is 79.9. The van der Waals surface area contributed by atoms with Crippen molar-refractivity contribution in [1.82, 2.24) is 10.6 Å². The maximum Gasteiger partial charge on any atom is 0.263 e. The summed E-state index contributed by atoms with van der Waals surface area (Å²) in [5, 5.41) is 10.0. The van der Waals surface area contributed by atoms with Crippen LogP contribution in [-0.4, -0.2) is 30.3 Å². The lowest BCUT2D eigenvalue weighted by Crippen LogP contribution is -2.36. The number of carbonyl (C=O) groups is 3. The zero-order valence-electron chi connectivity index (χ0n) is 13.2. The van der Waals surface area contributed by atoms with Crippen LogP contribution in [0, 0.1) is 0 Å². The molecule has 1 aliphatic rings. The number of rotatable bonds is 5. The summed E-state index contributed by atoms with van der Waals surface area (Å²) in [5.41, 5.74) is 1.37. The molecule has 0 bridgehead atoms. The van der Waals surface area contributed by atoms with Gasteiger partial charge in [-0.3, -0.25) is 14.4 Å². The molecule has 0 saturated carbocycles. The van der Waals surface area contributed by atoms with Crippen molar-refractivity contribution < 1.29 is 14.4 Å². The first-order chi connectivity index (χ1) is 12.0. The first kappa shape index (κ1) is 17.6. The molecule has 2 heterocycles. The van der Waals surface area contributed by atoms with Gasteiger partial charge in [0.25, 0.3) is 5.91 Å². The maximum absolute atomic E-state index is 12.4. The summed E-state index contributed by atoms with van der Waals surface area (Å²) in [5.74, 6) is -0.539. The van der Waals surface area contributed by atoms with Crippen molar-refractivity contribution in [3.63, 3.8) is 0 Å². The van der Waals surface area contributed by atoms with E-state index in [1.165, 1.54) is 11.3 Å². The largest absolute Gasteiger partial charge is 0.354 e. The Balaban J connectivity index is 1.60. The summed E-state index contributed by atoms with van der Waals surface area (Å²) in [6, 6.07) is 8.99. The highest BCUT2D eigenvalue weighted by molar-refractivity contribution is 9.10. The summed E-state index contributed by atoms with van der Waals surface area (Å²) < 4.78 is 0.952.